The minimum absolute atomic E-state index is 0.0549. The van der Waals surface area contributed by atoms with Crippen molar-refractivity contribution < 1.29 is 29.6 Å². The van der Waals surface area contributed by atoms with Gasteiger partial charge in [0.05, 0.1) is 19.3 Å². The number of allylic oxidation sites excluding steroid dienone is 1. The van der Waals surface area contributed by atoms with E-state index in [1.165, 1.54) is 5.57 Å². The Morgan fingerprint density at radius 1 is 1.17 bits per heavy atom. The fourth-order valence-electron chi connectivity index (χ4n) is 7.55. The zero-order valence-corrected chi connectivity index (χ0v) is 17.5. The third-order valence-corrected chi connectivity index (χ3v) is 9.19. The molecule has 6 heteroatoms. The molecule has 0 aromatic heterocycles. The molecular weight excluding hydrogens is 372 g/mol. The smallest absolute Gasteiger partial charge is 0.190 e. The number of hydrogen-bond donors (Lipinski definition) is 3. The first-order valence-corrected chi connectivity index (χ1v) is 11.0. The van der Waals surface area contributed by atoms with E-state index in [9.17, 15) is 24.9 Å². The van der Waals surface area contributed by atoms with Crippen molar-refractivity contribution in [2.45, 2.75) is 70.5 Å². The Morgan fingerprint density at radius 3 is 2.62 bits per heavy atom. The highest BCUT2D eigenvalue weighted by Crippen LogP contribution is 2.68. The fraction of sp³-hybridized carbons (Fsp3) is 0.826. The van der Waals surface area contributed by atoms with Crippen LogP contribution in [0.5, 0.6) is 0 Å². The predicted molar refractivity (Wildman–Crippen MR) is 106 cm³/mol. The number of aliphatic hydroxyl groups excluding tert-OH is 2. The molecule has 4 aliphatic carbocycles. The minimum atomic E-state index is -1.60. The van der Waals surface area contributed by atoms with Crippen LogP contribution < -0.4 is 0 Å². The van der Waals surface area contributed by atoms with Gasteiger partial charge in [0.15, 0.2) is 11.6 Å². The zero-order valence-electron chi connectivity index (χ0n) is 17.5. The Labute approximate surface area is 172 Å². The van der Waals surface area contributed by atoms with Crippen LogP contribution in [0, 0.1) is 28.6 Å². The Hall–Kier alpha value is -1.08. The van der Waals surface area contributed by atoms with Crippen molar-refractivity contribution in [1.29, 1.82) is 0 Å². The molecule has 0 aromatic rings. The van der Waals surface area contributed by atoms with Gasteiger partial charge < -0.3 is 20.1 Å². The Kier molecular flexibility index (Phi) is 5.30. The zero-order chi connectivity index (χ0) is 21.0. The summed E-state index contributed by atoms with van der Waals surface area (Å²) in [6.45, 7) is 3.59. The fourth-order valence-corrected chi connectivity index (χ4v) is 7.55. The monoisotopic (exact) mass is 406 g/mol. The van der Waals surface area contributed by atoms with Crippen molar-refractivity contribution in [1.82, 2.24) is 0 Å². The molecule has 0 radical (unpaired) electrons. The molecule has 4 aliphatic rings. The Balaban J connectivity index is 1.75. The molecule has 0 heterocycles. The number of rotatable bonds is 5. The van der Waals surface area contributed by atoms with Gasteiger partial charge in [0.25, 0.3) is 0 Å². The van der Waals surface area contributed by atoms with Crippen molar-refractivity contribution >= 4 is 11.6 Å². The molecule has 0 aromatic carbocycles. The quantitative estimate of drug-likeness (QED) is 0.643. The van der Waals surface area contributed by atoms with Crippen molar-refractivity contribution in [2.75, 3.05) is 19.8 Å². The molecule has 6 nitrogen and oxygen atoms in total. The lowest BCUT2D eigenvalue weighted by atomic mass is 9.45. The highest BCUT2D eigenvalue weighted by molar-refractivity contribution is 5.91. The van der Waals surface area contributed by atoms with Gasteiger partial charge in [-0.3, -0.25) is 9.59 Å². The molecule has 29 heavy (non-hydrogen) atoms. The Bertz CT molecular complexity index is 731. The summed E-state index contributed by atoms with van der Waals surface area (Å²) in [6.07, 6.45) is 6.51. The second-order valence-electron chi connectivity index (χ2n) is 10.1. The average Bonchev–Trinajstić information content (AvgIpc) is 2.99. The normalized spacial score (nSPS) is 46.5. The number of aliphatic hydroxyl groups is 3. The maximum absolute atomic E-state index is 12.7. The molecule has 3 saturated carbocycles. The van der Waals surface area contributed by atoms with E-state index >= 15 is 0 Å². The topological polar surface area (TPSA) is 104 Å². The summed E-state index contributed by atoms with van der Waals surface area (Å²) in [5, 5.41) is 30.4. The lowest BCUT2D eigenvalue weighted by Gasteiger charge is -2.61. The summed E-state index contributed by atoms with van der Waals surface area (Å²) in [5.74, 6) is 0.480. The number of carbonyl (C=O) groups is 2. The average molecular weight is 407 g/mol. The van der Waals surface area contributed by atoms with Gasteiger partial charge in [-0.2, -0.15) is 0 Å². The van der Waals surface area contributed by atoms with Gasteiger partial charge in [-0.05, 0) is 67.8 Å². The number of hydrogen-bond acceptors (Lipinski definition) is 6. The first-order valence-electron chi connectivity index (χ1n) is 11.0. The molecule has 4 rings (SSSR count). The molecule has 0 bridgehead atoms. The van der Waals surface area contributed by atoms with Crippen molar-refractivity contribution in [2.24, 2.45) is 28.6 Å². The van der Waals surface area contributed by atoms with Crippen molar-refractivity contribution in [3.63, 3.8) is 0 Å². The number of ketones is 2. The molecule has 0 spiro atoms. The molecule has 1 unspecified atom stereocenters. The molecule has 7 atom stereocenters. The Morgan fingerprint density at radius 2 is 1.93 bits per heavy atom. The first-order chi connectivity index (χ1) is 13.7. The molecule has 3 fully saturated rings. The van der Waals surface area contributed by atoms with Gasteiger partial charge in [-0.1, -0.05) is 19.4 Å². The third-order valence-electron chi connectivity index (χ3n) is 9.19. The van der Waals surface area contributed by atoms with Crippen LogP contribution in [0.3, 0.4) is 0 Å². The van der Waals surface area contributed by atoms with Crippen LogP contribution in [0.2, 0.25) is 0 Å². The maximum Gasteiger partial charge on any atom is 0.190 e. The van der Waals surface area contributed by atoms with Crippen LogP contribution in [-0.2, 0) is 14.3 Å². The van der Waals surface area contributed by atoms with Gasteiger partial charge in [0.2, 0.25) is 0 Å². The van der Waals surface area contributed by atoms with E-state index in [4.69, 9.17) is 4.74 Å². The van der Waals surface area contributed by atoms with Gasteiger partial charge in [-0.25, -0.2) is 0 Å². The number of carbonyl (C=O) groups excluding carboxylic acids is 2. The summed E-state index contributed by atoms with van der Waals surface area (Å²) >= 11 is 0. The van der Waals surface area contributed by atoms with E-state index < -0.39 is 23.4 Å². The number of fused-ring (bicyclic) bond motifs is 5. The van der Waals surface area contributed by atoms with E-state index in [1.807, 2.05) is 13.0 Å². The lowest BCUT2D eigenvalue weighted by molar-refractivity contribution is -0.208. The van der Waals surface area contributed by atoms with Gasteiger partial charge in [-0.15, -0.1) is 0 Å². The van der Waals surface area contributed by atoms with Crippen LogP contribution >= 0.6 is 0 Å². The summed E-state index contributed by atoms with van der Waals surface area (Å²) in [5.41, 5.74) is -1.19. The minimum Gasteiger partial charge on any atom is -0.394 e. The standard InChI is InChI=1S/C23H34O6/c1-21-7-5-15(26)11-14(21)3-4-16-17-6-8-23(28,19(27)13-25)22(17,2)20(12-18(16)21)29-10-9-24/h11,16-18,20,24-25,28H,3-10,12-13H2,1-2H3/t16-,17-,18-,20?,21-,22+,23-/m0/s1. The van der Waals surface area contributed by atoms with E-state index in [0.29, 0.717) is 31.1 Å². The van der Waals surface area contributed by atoms with E-state index in [0.717, 1.165) is 25.7 Å². The summed E-state index contributed by atoms with van der Waals surface area (Å²) < 4.78 is 6.10. The van der Waals surface area contributed by atoms with Gasteiger partial charge in [0.1, 0.15) is 12.2 Å². The van der Waals surface area contributed by atoms with E-state index in [2.05, 4.69) is 6.92 Å². The van der Waals surface area contributed by atoms with Crippen LogP contribution in [0.25, 0.3) is 0 Å². The number of Topliss-reactive ketones (excluding diaryl/α,β-unsaturated/α-hetero) is 1. The summed E-state index contributed by atoms with van der Waals surface area (Å²) in [4.78, 5) is 24.7. The molecule has 0 saturated heterocycles. The summed E-state index contributed by atoms with van der Waals surface area (Å²) in [7, 11) is 0. The van der Waals surface area contributed by atoms with E-state index in [-0.39, 0.29) is 36.4 Å². The van der Waals surface area contributed by atoms with E-state index in [1.54, 1.807) is 0 Å². The van der Waals surface area contributed by atoms with Gasteiger partial charge >= 0.3 is 0 Å². The second kappa shape index (κ2) is 7.26. The molecule has 0 amide bonds. The second-order valence-corrected chi connectivity index (χ2v) is 10.1. The SMILES string of the molecule is C[C@]12CCC(=O)C=C1CC[C@@H]1[C@@H]2CC(OCCO)[C@@]2(C)[C@H]1CC[C@]2(O)C(=O)CO. The first kappa shape index (κ1) is 21.2. The molecule has 0 aliphatic heterocycles. The van der Waals surface area contributed by atoms with Crippen LogP contribution in [0.1, 0.15) is 58.8 Å². The number of ether oxygens (including phenoxy) is 1. The molecule has 162 valence electrons. The third kappa shape index (κ3) is 2.83. The molecular formula is C23H34O6. The van der Waals surface area contributed by atoms with Crippen molar-refractivity contribution in [3.8, 4) is 0 Å². The highest BCUT2D eigenvalue weighted by atomic mass is 16.5. The van der Waals surface area contributed by atoms with Crippen LogP contribution in [0.4, 0.5) is 0 Å². The highest BCUT2D eigenvalue weighted by Gasteiger charge is 2.69. The summed E-state index contributed by atoms with van der Waals surface area (Å²) in [6, 6.07) is 0. The largest absolute Gasteiger partial charge is 0.394 e. The van der Waals surface area contributed by atoms with Crippen molar-refractivity contribution in [3.05, 3.63) is 11.6 Å². The predicted octanol–water partition coefficient (Wildman–Crippen LogP) is 1.80. The molecule has 3 N–H and O–H groups in total. The lowest BCUT2D eigenvalue weighted by Crippen LogP contribution is -2.64. The van der Waals surface area contributed by atoms with Crippen LogP contribution in [-0.4, -0.2) is 58.4 Å². The van der Waals surface area contributed by atoms with Crippen LogP contribution in [0.15, 0.2) is 11.6 Å². The van der Waals surface area contributed by atoms with Gasteiger partial charge in [0, 0.05) is 11.8 Å². The maximum atomic E-state index is 12.7.